The Bertz CT molecular complexity index is 589. The zero-order valence-corrected chi connectivity index (χ0v) is 15.5. The highest BCUT2D eigenvalue weighted by molar-refractivity contribution is 8.00. The van der Waals surface area contributed by atoms with Gasteiger partial charge in [0.2, 0.25) is 10.0 Å². The number of sulfonamides is 1. The van der Waals surface area contributed by atoms with Gasteiger partial charge in [-0.05, 0) is 37.7 Å². The van der Waals surface area contributed by atoms with Gasteiger partial charge in [-0.25, -0.2) is 13.1 Å². The lowest BCUT2D eigenvalue weighted by molar-refractivity contribution is 0.582. The summed E-state index contributed by atoms with van der Waals surface area (Å²) in [6.07, 6.45) is 4.25. The molecule has 0 aromatic carbocycles. The minimum absolute atomic E-state index is 0.140. The molecule has 0 bridgehead atoms. The van der Waals surface area contributed by atoms with E-state index in [-0.39, 0.29) is 4.75 Å². The fourth-order valence-electron chi connectivity index (χ4n) is 1.98. The number of hydrogen-bond donors (Lipinski definition) is 2. The summed E-state index contributed by atoms with van der Waals surface area (Å²) in [5.74, 6) is 0. The summed E-state index contributed by atoms with van der Waals surface area (Å²) in [6.45, 7) is 7.39. The number of aryl methyl sites for hydroxylation is 1. The van der Waals surface area contributed by atoms with E-state index in [4.69, 9.17) is 0 Å². The van der Waals surface area contributed by atoms with Crippen LogP contribution in [0.3, 0.4) is 0 Å². The maximum atomic E-state index is 12.4. The molecule has 7 heteroatoms. The van der Waals surface area contributed by atoms with Crippen molar-refractivity contribution in [1.82, 2.24) is 10.0 Å². The molecule has 1 heterocycles. The Kier molecular flexibility index (Phi) is 5.41. The summed E-state index contributed by atoms with van der Waals surface area (Å²) < 4.78 is 28.1. The zero-order chi connectivity index (χ0) is 15.7. The van der Waals surface area contributed by atoms with E-state index >= 15 is 0 Å². The molecule has 0 unspecified atom stereocenters. The minimum atomic E-state index is -3.38. The molecule has 0 spiro atoms. The molecule has 2 N–H and O–H groups in total. The standard InChI is InChI=1S/C14H24N2O2S3/c1-10(2)15-8-12-11(3)7-13(20-12)21(17,18)16-9-14(19-4)5-6-14/h7,10,15-16H,5-6,8-9H2,1-4H3. The van der Waals surface area contributed by atoms with Crippen molar-refractivity contribution in [2.75, 3.05) is 12.8 Å². The van der Waals surface area contributed by atoms with Gasteiger partial charge >= 0.3 is 0 Å². The van der Waals surface area contributed by atoms with Crippen molar-refractivity contribution < 1.29 is 8.42 Å². The van der Waals surface area contributed by atoms with Crippen LogP contribution in [0.25, 0.3) is 0 Å². The lowest BCUT2D eigenvalue weighted by Crippen LogP contribution is -2.31. The molecule has 4 nitrogen and oxygen atoms in total. The Hall–Kier alpha value is -0.0800. The first-order valence-corrected chi connectivity index (χ1v) is 10.7. The van der Waals surface area contributed by atoms with E-state index in [2.05, 4.69) is 23.9 Å². The lowest BCUT2D eigenvalue weighted by atomic mass is 10.3. The number of thiophene rings is 1. The van der Waals surface area contributed by atoms with Crippen LogP contribution in [0.1, 0.15) is 37.1 Å². The third-order valence-electron chi connectivity index (χ3n) is 3.76. The zero-order valence-electron chi connectivity index (χ0n) is 13.0. The first kappa shape index (κ1) is 17.3. The number of thioether (sulfide) groups is 1. The van der Waals surface area contributed by atoms with Gasteiger partial charge in [0.25, 0.3) is 0 Å². The van der Waals surface area contributed by atoms with Gasteiger partial charge in [-0.2, -0.15) is 11.8 Å². The molecule has 120 valence electrons. The van der Waals surface area contributed by atoms with Crippen molar-refractivity contribution in [3.05, 3.63) is 16.5 Å². The van der Waals surface area contributed by atoms with E-state index < -0.39 is 10.0 Å². The van der Waals surface area contributed by atoms with Crippen LogP contribution in [0.15, 0.2) is 10.3 Å². The first-order valence-electron chi connectivity index (χ1n) is 7.15. The molecule has 1 aromatic rings. The average Bonchev–Trinajstić information content (AvgIpc) is 3.11. The highest BCUT2D eigenvalue weighted by Crippen LogP contribution is 2.46. The topological polar surface area (TPSA) is 58.2 Å². The second-order valence-corrected chi connectivity index (χ2v) is 10.3. The molecule has 1 fully saturated rings. The van der Waals surface area contributed by atoms with Gasteiger partial charge in [-0.1, -0.05) is 13.8 Å². The third-order valence-corrected chi connectivity index (χ3v) is 8.29. The van der Waals surface area contributed by atoms with Crippen LogP contribution in [-0.4, -0.2) is 32.0 Å². The number of nitrogens with one attached hydrogen (secondary N) is 2. The Labute approximate surface area is 136 Å². The van der Waals surface area contributed by atoms with Crippen molar-refractivity contribution in [1.29, 1.82) is 0 Å². The molecular formula is C14H24N2O2S3. The van der Waals surface area contributed by atoms with Crippen molar-refractivity contribution in [3.8, 4) is 0 Å². The normalized spacial score (nSPS) is 17.4. The van der Waals surface area contributed by atoms with Gasteiger partial charge in [-0.3, -0.25) is 0 Å². The molecule has 1 saturated carbocycles. The minimum Gasteiger partial charge on any atom is -0.310 e. The van der Waals surface area contributed by atoms with Crippen LogP contribution in [0, 0.1) is 6.92 Å². The summed E-state index contributed by atoms with van der Waals surface area (Å²) in [5.41, 5.74) is 1.04. The summed E-state index contributed by atoms with van der Waals surface area (Å²) >= 11 is 3.13. The predicted octanol–water partition coefficient (Wildman–Crippen LogP) is 2.73. The van der Waals surface area contributed by atoms with Gasteiger partial charge in [0.1, 0.15) is 4.21 Å². The van der Waals surface area contributed by atoms with Crippen molar-refractivity contribution in [2.45, 2.75) is 55.2 Å². The van der Waals surface area contributed by atoms with E-state index in [9.17, 15) is 8.42 Å². The molecule has 0 atom stereocenters. The quantitative estimate of drug-likeness (QED) is 0.758. The number of hydrogen-bond acceptors (Lipinski definition) is 5. The largest absolute Gasteiger partial charge is 0.310 e. The summed E-state index contributed by atoms with van der Waals surface area (Å²) in [4.78, 5) is 1.09. The molecule has 2 rings (SSSR count). The van der Waals surface area contributed by atoms with Crippen molar-refractivity contribution in [2.24, 2.45) is 0 Å². The van der Waals surface area contributed by atoms with Crippen LogP contribution >= 0.6 is 23.1 Å². The Morgan fingerprint density at radius 1 is 1.43 bits per heavy atom. The van der Waals surface area contributed by atoms with Crippen LogP contribution < -0.4 is 10.0 Å². The monoisotopic (exact) mass is 348 g/mol. The van der Waals surface area contributed by atoms with Crippen LogP contribution in [0.5, 0.6) is 0 Å². The third kappa shape index (κ3) is 4.45. The van der Waals surface area contributed by atoms with Crippen LogP contribution in [0.2, 0.25) is 0 Å². The average molecular weight is 349 g/mol. The van der Waals surface area contributed by atoms with E-state index in [1.165, 1.54) is 11.3 Å². The Balaban J connectivity index is 2.04. The second kappa shape index (κ2) is 6.58. The van der Waals surface area contributed by atoms with Gasteiger partial charge in [0.15, 0.2) is 0 Å². The SMILES string of the molecule is CSC1(CNS(=O)(=O)c2cc(C)c(CNC(C)C)s2)CC1. The summed E-state index contributed by atoms with van der Waals surface area (Å²) in [7, 11) is -3.38. The predicted molar refractivity (Wildman–Crippen MR) is 91.7 cm³/mol. The molecule has 1 aliphatic carbocycles. The van der Waals surface area contributed by atoms with Gasteiger partial charge < -0.3 is 5.32 Å². The van der Waals surface area contributed by atoms with E-state index in [1.54, 1.807) is 17.8 Å². The maximum absolute atomic E-state index is 12.4. The maximum Gasteiger partial charge on any atom is 0.250 e. The molecule has 1 aromatic heterocycles. The highest BCUT2D eigenvalue weighted by atomic mass is 32.2. The molecule has 0 radical (unpaired) electrons. The van der Waals surface area contributed by atoms with E-state index in [0.29, 0.717) is 16.8 Å². The molecule has 21 heavy (non-hydrogen) atoms. The molecule has 0 amide bonds. The van der Waals surface area contributed by atoms with Crippen LogP contribution in [0.4, 0.5) is 0 Å². The van der Waals surface area contributed by atoms with E-state index in [1.807, 2.05) is 13.2 Å². The fourth-order valence-corrected chi connectivity index (χ4v) is 5.51. The van der Waals surface area contributed by atoms with Gasteiger partial charge in [0, 0.05) is 28.8 Å². The lowest BCUT2D eigenvalue weighted by Gasteiger charge is -2.12. The fraction of sp³-hybridized carbons (Fsp3) is 0.714. The van der Waals surface area contributed by atoms with Crippen LogP contribution in [-0.2, 0) is 16.6 Å². The smallest absolute Gasteiger partial charge is 0.250 e. The van der Waals surface area contributed by atoms with Crippen molar-refractivity contribution in [3.63, 3.8) is 0 Å². The highest BCUT2D eigenvalue weighted by Gasteiger charge is 2.42. The molecule has 1 aliphatic rings. The Morgan fingerprint density at radius 2 is 2.10 bits per heavy atom. The molecule has 0 saturated heterocycles. The van der Waals surface area contributed by atoms with Gasteiger partial charge in [-0.15, -0.1) is 11.3 Å². The van der Waals surface area contributed by atoms with E-state index in [0.717, 1.165) is 29.8 Å². The van der Waals surface area contributed by atoms with Crippen molar-refractivity contribution >= 4 is 33.1 Å². The number of rotatable bonds is 8. The Morgan fingerprint density at radius 3 is 2.62 bits per heavy atom. The summed E-state index contributed by atoms with van der Waals surface area (Å²) in [6, 6.07) is 2.17. The summed E-state index contributed by atoms with van der Waals surface area (Å²) in [5, 5.41) is 3.33. The molecular weight excluding hydrogens is 324 g/mol. The molecule has 0 aliphatic heterocycles. The second-order valence-electron chi connectivity index (χ2n) is 5.92. The first-order chi connectivity index (χ1) is 9.78. The van der Waals surface area contributed by atoms with Gasteiger partial charge in [0.05, 0.1) is 0 Å².